The molecule has 0 amide bonds. The van der Waals surface area contributed by atoms with Crippen molar-refractivity contribution in [3.8, 4) is 22.4 Å². The van der Waals surface area contributed by atoms with Gasteiger partial charge >= 0.3 is 0 Å². The minimum absolute atomic E-state index is 0.121. The molecule has 2 heterocycles. The molecule has 0 fully saturated rings. The van der Waals surface area contributed by atoms with E-state index in [4.69, 9.17) is 10.8 Å². The molecule has 4 N–H and O–H groups in total. The van der Waals surface area contributed by atoms with E-state index in [0.717, 1.165) is 0 Å². The molecule has 8 nitrogen and oxygen atoms in total. The van der Waals surface area contributed by atoms with Crippen LogP contribution >= 0.6 is 0 Å². The minimum atomic E-state index is -3.79. The van der Waals surface area contributed by atoms with Gasteiger partial charge in [-0.25, -0.2) is 23.1 Å². The van der Waals surface area contributed by atoms with E-state index in [1.807, 2.05) is 0 Å². The lowest BCUT2D eigenvalue weighted by Gasteiger charge is -2.15. The largest absolute Gasteiger partial charge is 0.395 e. The third-order valence-corrected chi connectivity index (χ3v) is 5.50. The number of nitrogens with two attached hydrogens (primary N) is 1. The van der Waals surface area contributed by atoms with Crippen molar-refractivity contribution in [2.45, 2.75) is 17.9 Å². The lowest BCUT2D eigenvalue weighted by atomic mass is 10.1. The molecule has 0 saturated carbocycles. The van der Waals surface area contributed by atoms with Crippen molar-refractivity contribution in [3.05, 3.63) is 55.0 Å². The molecular weight excluding hydrogens is 366 g/mol. The van der Waals surface area contributed by atoms with E-state index in [2.05, 4.69) is 19.7 Å². The van der Waals surface area contributed by atoms with Gasteiger partial charge in [0, 0.05) is 41.3 Å². The average molecular weight is 385 g/mol. The van der Waals surface area contributed by atoms with Crippen LogP contribution in [0.25, 0.3) is 22.4 Å². The highest BCUT2D eigenvalue weighted by Crippen LogP contribution is 2.28. The maximum atomic E-state index is 12.6. The number of nitrogens with zero attached hydrogens (tertiary/aromatic N) is 3. The fraction of sp³-hybridized carbons (Fsp3) is 0.167. The Morgan fingerprint density at radius 3 is 2.33 bits per heavy atom. The Hall–Kier alpha value is -2.88. The van der Waals surface area contributed by atoms with Crippen LogP contribution in [0.1, 0.15) is 6.92 Å². The van der Waals surface area contributed by atoms with E-state index in [-0.39, 0.29) is 17.5 Å². The Morgan fingerprint density at radius 2 is 1.70 bits per heavy atom. The Morgan fingerprint density at radius 1 is 1.04 bits per heavy atom. The van der Waals surface area contributed by atoms with Gasteiger partial charge in [0.2, 0.25) is 16.0 Å². The number of anilines is 1. The highest BCUT2D eigenvalue weighted by atomic mass is 32.2. The van der Waals surface area contributed by atoms with Gasteiger partial charge in [-0.3, -0.25) is 4.98 Å². The third kappa shape index (κ3) is 4.27. The van der Waals surface area contributed by atoms with Crippen LogP contribution in [0.3, 0.4) is 0 Å². The first-order valence-corrected chi connectivity index (χ1v) is 9.65. The number of hydrogen-bond donors (Lipinski definition) is 3. The van der Waals surface area contributed by atoms with E-state index in [1.165, 1.54) is 6.07 Å². The van der Waals surface area contributed by atoms with Crippen LogP contribution in [0.5, 0.6) is 0 Å². The van der Waals surface area contributed by atoms with Crippen molar-refractivity contribution < 1.29 is 13.5 Å². The normalized spacial score (nSPS) is 12.7. The zero-order chi connectivity index (χ0) is 19.4. The van der Waals surface area contributed by atoms with Crippen molar-refractivity contribution in [2.24, 2.45) is 0 Å². The van der Waals surface area contributed by atoms with E-state index in [0.29, 0.717) is 22.4 Å². The molecule has 0 bridgehead atoms. The number of benzene rings is 1. The fourth-order valence-corrected chi connectivity index (χ4v) is 3.96. The van der Waals surface area contributed by atoms with E-state index in [9.17, 15) is 8.42 Å². The SMILES string of the molecule is C[C@H](CO)NS(=O)(=O)c1ccccc1-c1ccc(-c2cnc(N)nc2)nc1. The van der Waals surface area contributed by atoms with Gasteiger partial charge in [0.1, 0.15) is 0 Å². The first-order valence-electron chi connectivity index (χ1n) is 8.17. The van der Waals surface area contributed by atoms with Crippen LogP contribution in [-0.4, -0.2) is 41.1 Å². The van der Waals surface area contributed by atoms with Crippen LogP contribution in [-0.2, 0) is 10.0 Å². The number of aromatic nitrogens is 3. The topological polar surface area (TPSA) is 131 Å². The van der Waals surface area contributed by atoms with Gasteiger partial charge in [-0.15, -0.1) is 0 Å². The molecule has 0 aliphatic heterocycles. The summed E-state index contributed by atoms with van der Waals surface area (Å²) in [7, 11) is -3.79. The first kappa shape index (κ1) is 18.9. The predicted octanol–water partition coefficient (Wildman–Crippen LogP) is 1.45. The van der Waals surface area contributed by atoms with E-state index < -0.39 is 16.1 Å². The number of nitrogens with one attached hydrogen (secondary N) is 1. The molecule has 0 unspecified atom stereocenters. The Kier molecular flexibility index (Phi) is 5.45. The standard InChI is InChI=1S/C18H19N5O3S/c1-12(11-24)23-27(25,26)17-5-3-2-4-15(17)13-6-7-16(20-8-13)14-9-21-18(19)22-10-14/h2-10,12,23-24H,11H2,1H3,(H2,19,21,22)/t12-/m1/s1. The summed E-state index contributed by atoms with van der Waals surface area (Å²) in [5, 5.41) is 9.13. The fourth-order valence-electron chi connectivity index (χ4n) is 2.50. The van der Waals surface area contributed by atoms with Gasteiger partial charge in [0.25, 0.3) is 0 Å². The molecule has 140 valence electrons. The van der Waals surface area contributed by atoms with Crippen LogP contribution in [0.15, 0.2) is 59.9 Å². The zero-order valence-corrected chi connectivity index (χ0v) is 15.4. The summed E-state index contributed by atoms with van der Waals surface area (Å²) in [4.78, 5) is 12.4. The van der Waals surface area contributed by atoms with Crippen LogP contribution in [0, 0.1) is 0 Å². The van der Waals surface area contributed by atoms with Gasteiger partial charge in [0.05, 0.1) is 17.2 Å². The second-order valence-corrected chi connectivity index (χ2v) is 7.65. The highest BCUT2D eigenvalue weighted by molar-refractivity contribution is 7.89. The summed E-state index contributed by atoms with van der Waals surface area (Å²) < 4.78 is 27.7. The molecule has 3 aromatic rings. The summed E-state index contributed by atoms with van der Waals surface area (Å²) in [5.41, 5.74) is 8.00. The van der Waals surface area contributed by atoms with Gasteiger partial charge in [0.15, 0.2) is 0 Å². The van der Waals surface area contributed by atoms with Crippen molar-refractivity contribution in [3.63, 3.8) is 0 Å². The van der Waals surface area contributed by atoms with Gasteiger partial charge in [-0.2, -0.15) is 0 Å². The van der Waals surface area contributed by atoms with Gasteiger partial charge < -0.3 is 10.8 Å². The summed E-state index contributed by atoms with van der Waals surface area (Å²) >= 11 is 0. The number of nitrogen functional groups attached to an aromatic ring is 1. The Bertz CT molecular complexity index is 1020. The molecule has 0 aliphatic carbocycles. The summed E-state index contributed by atoms with van der Waals surface area (Å²) in [6, 6.07) is 9.58. The number of rotatable bonds is 6. The molecule has 0 radical (unpaired) electrons. The van der Waals surface area contributed by atoms with Crippen molar-refractivity contribution in [1.29, 1.82) is 0 Å². The van der Waals surface area contributed by atoms with E-state index in [1.54, 1.807) is 55.8 Å². The Balaban J connectivity index is 1.97. The third-order valence-electron chi connectivity index (χ3n) is 3.85. The molecule has 9 heteroatoms. The molecule has 0 spiro atoms. The Labute approximate surface area is 157 Å². The van der Waals surface area contributed by atoms with Crippen molar-refractivity contribution in [1.82, 2.24) is 19.7 Å². The van der Waals surface area contributed by atoms with Crippen molar-refractivity contribution in [2.75, 3.05) is 12.3 Å². The minimum Gasteiger partial charge on any atom is -0.395 e. The van der Waals surface area contributed by atoms with Crippen LogP contribution in [0.4, 0.5) is 5.95 Å². The average Bonchev–Trinajstić information content (AvgIpc) is 2.68. The molecule has 1 aromatic carbocycles. The maximum absolute atomic E-state index is 12.6. The second kappa shape index (κ2) is 7.78. The monoisotopic (exact) mass is 385 g/mol. The lowest BCUT2D eigenvalue weighted by molar-refractivity contribution is 0.265. The van der Waals surface area contributed by atoms with E-state index >= 15 is 0 Å². The van der Waals surface area contributed by atoms with Gasteiger partial charge in [-0.05, 0) is 19.1 Å². The number of hydrogen-bond acceptors (Lipinski definition) is 7. The molecule has 27 heavy (non-hydrogen) atoms. The lowest BCUT2D eigenvalue weighted by Crippen LogP contribution is -2.35. The smallest absolute Gasteiger partial charge is 0.241 e. The second-order valence-electron chi connectivity index (χ2n) is 5.96. The molecule has 0 aliphatic rings. The van der Waals surface area contributed by atoms with Crippen LogP contribution < -0.4 is 10.5 Å². The summed E-state index contributed by atoms with van der Waals surface area (Å²) in [5.74, 6) is 0.180. The summed E-state index contributed by atoms with van der Waals surface area (Å²) in [6.45, 7) is 1.30. The molecule has 1 atom stereocenters. The predicted molar refractivity (Wildman–Crippen MR) is 102 cm³/mol. The molecule has 2 aromatic heterocycles. The van der Waals surface area contributed by atoms with Crippen molar-refractivity contribution >= 4 is 16.0 Å². The number of pyridine rings is 1. The zero-order valence-electron chi connectivity index (χ0n) is 14.6. The molecule has 3 rings (SSSR count). The quantitative estimate of drug-likeness (QED) is 0.585. The van der Waals surface area contributed by atoms with Crippen LogP contribution in [0.2, 0.25) is 0 Å². The summed E-state index contributed by atoms with van der Waals surface area (Å²) in [6.07, 6.45) is 4.74. The van der Waals surface area contributed by atoms with Gasteiger partial charge in [-0.1, -0.05) is 24.3 Å². The first-order chi connectivity index (χ1) is 12.9. The molecular formula is C18H19N5O3S. The number of aliphatic hydroxyl groups is 1. The maximum Gasteiger partial charge on any atom is 0.241 e. The highest BCUT2D eigenvalue weighted by Gasteiger charge is 2.21. The molecule has 0 saturated heterocycles. The number of aliphatic hydroxyl groups excluding tert-OH is 1. The number of sulfonamides is 1.